The molecule has 10 heteroatoms. The Hall–Kier alpha value is -0.943. The number of nitrogens with one attached hydrogen (secondary N) is 1. The molecule has 0 saturated carbocycles. The highest BCUT2D eigenvalue weighted by molar-refractivity contribution is 8.26. The zero-order valence-corrected chi connectivity index (χ0v) is 13.7. The van der Waals surface area contributed by atoms with Crippen LogP contribution in [0.5, 0.6) is 0 Å². The predicted molar refractivity (Wildman–Crippen MR) is 80.9 cm³/mol. The molecule has 114 valence electrons. The normalized spacial score (nSPS) is 14.9. The van der Waals surface area contributed by atoms with Gasteiger partial charge in [-0.3, -0.25) is 4.79 Å². The molecule has 0 aliphatic carbocycles. The van der Waals surface area contributed by atoms with Crippen molar-refractivity contribution in [3.63, 3.8) is 0 Å². The van der Waals surface area contributed by atoms with Crippen molar-refractivity contribution >= 4 is 36.7 Å². The van der Waals surface area contributed by atoms with Gasteiger partial charge in [-0.05, 0) is 18.2 Å². The molecule has 1 aliphatic rings. The molecule has 20 heavy (non-hydrogen) atoms. The molecule has 8 nitrogen and oxygen atoms in total. The molecule has 1 amide bonds. The lowest BCUT2D eigenvalue weighted by Gasteiger charge is -2.24. The maximum absolute atomic E-state index is 11.6. The Kier molecular flexibility index (Phi) is 7.16. The Morgan fingerprint density at radius 2 is 2.00 bits per heavy atom. The smallest absolute Gasteiger partial charge is 0.385 e. The lowest BCUT2D eigenvalue weighted by molar-refractivity contribution is 0.123. The van der Waals surface area contributed by atoms with Gasteiger partial charge in [-0.1, -0.05) is 0 Å². The third kappa shape index (κ3) is 5.21. The van der Waals surface area contributed by atoms with Gasteiger partial charge in [0.25, 0.3) is 5.24 Å². The minimum Gasteiger partial charge on any atom is -0.385 e. The molecule has 1 aliphatic heterocycles. The highest BCUT2D eigenvalue weighted by Crippen LogP contribution is 2.16. The molecule has 1 heterocycles. The lowest BCUT2D eigenvalue weighted by Crippen LogP contribution is -2.43. The summed E-state index contributed by atoms with van der Waals surface area (Å²) >= 11 is 1.01. The Morgan fingerprint density at radius 3 is 2.50 bits per heavy atom. The number of nitrogens with two attached hydrogens (primary N) is 1. The minimum atomic E-state index is -2.55. The molecule has 0 bridgehead atoms. The van der Waals surface area contributed by atoms with Crippen molar-refractivity contribution in [3.8, 4) is 0 Å². The van der Waals surface area contributed by atoms with Crippen molar-refractivity contribution in [2.75, 3.05) is 27.9 Å². The largest absolute Gasteiger partial charge is 0.500 e. The third-order valence-electron chi connectivity index (χ3n) is 2.69. The average Bonchev–Trinajstić information content (AvgIpc) is 2.85. The first kappa shape index (κ1) is 17.1. The van der Waals surface area contributed by atoms with E-state index in [1.54, 1.807) is 21.3 Å². The number of hydrogen-bond acceptors (Lipinski definition) is 8. The van der Waals surface area contributed by atoms with E-state index in [0.717, 1.165) is 11.8 Å². The van der Waals surface area contributed by atoms with Gasteiger partial charge in [-0.2, -0.15) is 0 Å². The first-order chi connectivity index (χ1) is 9.55. The van der Waals surface area contributed by atoms with Crippen molar-refractivity contribution in [2.45, 2.75) is 18.9 Å². The van der Waals surface area contributed by atoms with Crippen LogP contribution in [0.15, 0.2) is 10.2 Å². The van der Waals surface area contributed by atoms with Gasteiger partial charge in [0.15, 0.2) is 0 Å². The minimum absolute atomic E-state index is 0.173. The molecule has 0 aromatic carbocycles. The number of hydrogen-bond donors (Lipinski definition) is 2. The molecular weight excluding hydrogens is 300 g/mol. The van der Waals surface area contributed by atoms with E-state index < -0.39 is 8.80 Å². The monoisotopic (exact) mass is 320 g/mol. The quantitative estimate of drug-likeness (QED) is 0.530. The predicted octanol–water partition coefficient (Wildman–Crippen LogP) is 0.772. The second-order valence-electron chi connectivity index (χ2n) is 3.98. The topological polar surface area (TPSA) is 108 Å². The van der Waals surface area contributed by atoms with E-state index >= 15 is 0 Å². The van der Waals surface area contributed by atoms with Crippen LogP contribution in [0, 0.1) is 0 Å². The maximum Gasteiger partial charge on any atom is 0.500 e. The number of amidine groups is 1. The van der Waals surface area contributed by atoms with E-state index in [4.69, 9.17) is 19.0 Å². The number of nitrogens with zero attached hydrogens (tertiary/aromatic N) is 2. The van der Waals surface area contributed by atoms with Gasteiger partial charge in [-0.25, -0.2) is 0 Å². The number of carbonyl (C=O) groups is 1. The first-order valence-electron chi connectivity index (χ1n) is 6.05. The highest BCUT2D eigenvalue weighted by Gasteiger charge is 2.36. The van der Waals surface area contributed by atoms with E-state index in [1.807, 2.05) is 0 Å². The number of amides is 1. The van der Waals surface area contributed by atoms with Crippen LogP contribution in [0.25, 0.3) is 0 Å². The van der Waals surface area contributed by atoms with Gasteiger partial charge in [0, 0.05) is 33.9 Å². The number of carbonyl (C=O) groups excluding carboxylic acids is 1. The zero-order valence-electron chi connectivity index (χ0n) is 11.8. The van der Waals surface area contributed by atoms with E-state index in [9.17, 15) is 4.79 Å². The van der Waals surface area contributed by atoms with Gasteiger partial charge >= 0.3 is 8.80 Å². The fourth-order valence-electron chi connectivity index (χ4n) is 1.60. The third-order valence-corrected chi connectivity index (χ3v) is 6.32. The standard InChI is InChI=1S/C10H20N4O4SSi/c1-16-20(17-2,18-3)6-4-5-12-10(15)19-9-7-8(11)13-14-9/h4-7H2,1-3H3,(H2,11,13)(H,12,15). The summed E-state index contributed by atoms with van der Waals surface area (Å²) in [6.07, 6.45) is 1.14. The molecule has 3 N–H and O–H groups in total. The van der Waals surface area contributed by atoms with Crippen LogP contribution in [0.2, 0.25) is 6.04 Å². The summed E-state index contributed by atoms with van der Waals surface area (Å²) in [6, 6.07) is 0.637. The SMILES string of the molecule is CO[Si](CCCNC(=O)SC1=NN=C(N)C1)(OC)OC. The molecule has 0 spiro atoms. The van der Waals surface area contributed by atoms with Crippen LogP contribution in [0.1, 0.15) is 12.8 Å². The van der Waals surface area contributed by atoms with Gasteiger partial charge in [0.05, 0.1) is 6.42 Å². The van der Waals surface area contributed by atoms with Crippen molar-refractivity contribution in [1.29, 1.82) is 0 Å². The van der Waals surface area contributed by atoms with E-state index in [2.05, 4.69) is 15.5 Å². The van der Waals surface area contributed by atoms with Gasteiger partial charge < -0.3 is 24.3 Å². The van der Waals surface area contributed by atoms with Gasteiger partial charge in [-0.15, -0.1) is 10.2 Å². The van der Waals surface area contributed by atoms with Crippen LogP contribution in [-0.2, 0) is 13.3 Å². The Morgan fingerprint density at radius 1 is 1.35 bits per heavy atom. The summed E-state index contributed by atoms with van der Waals surface area (Å²) in [7, 11) is 2.15. The van der Waals surface area contributed by atoms with Crippen LogP contribution in [0.4, 0.5) is 4.79 Å². The summed E-state index contributed by atoms with van der Waals surface area (Å²) in [4.78, 5) is 11.6. The second-order valence-corrected chi connectivity index (χ2v) is 8.11. The fourth-order valence-corrected chi connectivity index (χ4v) is 4.01. The van der Waals surface area contributed by atoms with Crippen molar-refractivity contribution < 1.29 is 18.1 Å². The molecule has 0 radical (unpaired) electrons. The van der Waals surface area contributed by atoms with Crippen LogP contribution >= 0.6 is 11.8 Å². The molecule has 0 saturated heterocycles. The van der Waals surface area contributed by atoms with E-state index in [-0.39, 0.29) is 5.24 Å². The molecular formula is C10H20N4O4SSi. The number of rotatable bonds is 7. The zero-order chi connectivity index (χ0) is 15.0. The van der Waals surface area contributed by atoms with Crippen LogP contribution in [0.3, 0.4) is 0 Å². The van der Waals surface area contributed by atoms with Crippen molar-refractivity contribution in [3.05, 3.63) is 0 Å². The van der Waals surface area contributed by atoms with E-state index in [1.165, 1.54) is 0 Å². The molecule has 0 atom stereocenters. The summed E-state index contributed by atoms with van der Waals surface area (Å²) in [5.41, 5.74) is 5.47. The van der Waals surface area contributed by atoms with Crippen molar-refractivity contribution in [2.24, 2.45) is 15.9 Å². The van der Waals surface area contributed by atoms with Crippen LogP contribution < -0.4 is 11.1 Å². The molecule has 0 fully saturated rings. The lowest BCUT2D eigenvalue weighted by atomic mass is 10.4. The average molecular weight is 320 g/mol. The molecule has 0 unspecified atom stereocenters. The second kappa shape index (κ2) is 8.37. The fraction of sp³-hybridized carbons (Fsp3) is 0.700. The number of thioether (sulfide) groups is 1. The highest BCUT2D eigenvalue weighted by atomic mass is 32.2. The summed E-state index contributed by atoms with van der Waals surface area (Å²) in [6.45, 7) is 0.514. The Balaban J connectivity index is 2.19. The molecule has 1 rings (SSSR count). The molecule has 0 aromatic heterocycles. The van der Waals surface area contributed by atoms with Gasteiger partial charge in [0.2, 0.25) is 0 Å². The Bertz CT molecular complexity index is 392. The summed E-state index contributed by atoms with van der Waals surface area (Å²) in [5, 5.41) is 10.7. The van der Waals surface area contributed by atoms with Crippen LogP contribution in [-0.4, -0.2) is 52.8 Å². The van der Waals surface area contributed by atoms with Gasteiger partial charge in [0.1, 0.15) is 10.9 Å². The molecule has 0 aromatic rings. The maximum atomic E-state index is 11.6. The summed E-state index contributed by atoms with van der Waals surface area (Å²) in [5.74, 6) is 0.427. The Labute approximate surface area is 123 Å². The van der Waals surface area contributed by atoms with Crippen molar-refractivity contribution in [1.82, 2.24) is 5.32 Å². The first-order valence-corrected chi connectivity index (χ1v) is 8.80. The summed E-state index contributed by atoms with van der Waals surface area (Å²) < 4.78 is 15.9. The van der Waals surface area contributed by atoms with E-state index in [0.29, 0.717) is 36.3 Å².